The first kappa shape index (κ1) is 28.3. The summed E-state index contributed by atoms with van der Waals surface area (Å²) in [6.07, 6.45) is 9.11. The Morgan fingerprint density at radius 1 is 0.510 bits per heavy atom. The average molecular weight is 656 g/mol. The zero-order valence-corrected chi connectivity index (χ0v) is 27.4. The summed E-state index contributed by atoms with van der Waals surface area (Å²) in [5.74, 6) is 3.75. The topological polar surface area (TPSA) is 61.0 Å². The molecule has 5 heteroatoms. The predicted molar refractivity (Wildman–Crippen MR) is 201 cm³/mol. The summed E-state index contributed by atoms with van der Waals surface area (Å²) >= 11 is 0. The minimum atomic E-state index is -0.465. The number of furan rings is 1. The van der Waals surface area contributed by atoms with E-state index in [1.54, 1.807) is 0 Å². The SMILES string of the molecule is C1=CC2c3ccccc3C3(c4ccccc4Oc4c(-c5nc(-c6ccccc6)nc(-c6ccc7c(c6)oc6ccccc67)n5)cccc43)C2C=C1. The molecule has 5 nitrogen and oxygen atoms in total. The highest BCUT2D eigenvalue weighted by Crippen LogP contribution is 2.65. The number of rotatable bonds is 3. The van der Waals surface area contributed by atoms with Crippen LogP contribution in [-0.2, 0) is 5.41 Å². The number of benzene rings is 6. The van der Waals surface area contributed by atoms with Gasteiger partial charge in [0.2, 0.25) is 0 Å². The van der Waals surface area contributed by atoms with Crippen LogP contribution in [0.2, 0.25) is 0 Å². The highest BCUT2D eigenvalue weighted by molar-refractivity contribution is 6.05. The Morgan fingerprint density at radius 3 is 2.14 bits per heavy atom. The molecule has 0 N–H and O–H groups in total. The Hall–Kier alpha value is -6.59. The maximum Gasteiger partial charge on any atom is 0.167 e. The van der Waals surface area contributed by atoms with Crippen molar-refractivity contribution in [2.75, 3.05) is 0 Å². The largest absolute Gasteiger partial charge is 0.456 e. The molecule has 1 spiro atoms. The normalized spacial score (nSPS) is 19.5. The molecule has 0 saturated heterocycles. The zero-order valence-electron chi connectivity index (χ0n) is 27.4. The van der Waals surface area contributed by atoms with Gasteiger partial charge in [-0.15, -0.1) is 0 Å². The van der Waals surface area contributed by atoms with Crippen LogP contribution in [0, 0.1) is 5.92 Å². The van der Waals surface area contributed by atoms with Gasteiger partial charge in [0.1, 0.15) is 22.7 Å². The van der Waals surface area contributed by atoms with Crippen molar-refractivity contribution in [1.29, 1.82) is 0 Å². The van der Waals surface area contributed by atoms with Gasteiger partial charge in [-0.2, -0.15) is 0 Å². The minimum absolute atomic E-state index is 0.170. The van der Waals surface area contributed by atoms with Gasteiger partial charge in [-0.05, 0) is 41.5 Å². The fraction of sp³-hybridized carbons (Fsp3) is 0.0652. The standard InChI is InChI=1S/C46H29N3O2/c1-2-13-28(14-3-1)43-47-44(29-25-26-33-32-17-6-10-23-39(32)50-41(33)27-29)49-45(48-43)34-18-12-22-38-42(34)51-40-24-11-9-21-37(40)46(38)35-19-7-4-15-30(35)31-16-5-8-20-36(31)46/h1-27,30,35H. The molecule has 51 heavy (non-hydrogen) atoms. The van der Waals surface area contributed by atoms with Gasteiger partial charge in [0.25, 0.3) is 0 Å². The van der Waals surface area contributed by atoms with Gasteiger partial charge in [-0.1, -0.05) is 133 Å². The van der Waals surface area contributed by atoms with Gasteiger partial charge in [-0.3, -0.25) is 0 Å². The molecule has 3 atom stereocenters. The molecule has 11 rings (SSSR count). The van der Waals surface area contributed by atoms with Gasteiger partial charge >= 0.3 is 0 Å². The van der Waals surface area contributed by atoms with Gasteiger partial charge < -0.3 is 9.15 Å². The molecule has 0 radical (unpaired) electrons. The first-order valence-electron chi connectivity index (χ1n) is 17.4. The Balaban J connectivity index is 1.16. The molecule has 2 aliphatic carbocycles. The number of fused-ring (bicyclic) bond motifs is 12. The van der Waals surface area contributed by atoms with Crippen molar-refractivity contribution >= 4 is 21.9 Å². The van der Waals surface area contributed by atoms with Crippen LogP contribution in [0.3, 0.4) is 0 Å². The maximum atomic E-state index is 6.97. The maximum absolute atomic E-state index is 6.97. The van der Waals surface area contributed by atoms with Crippen LogP contribution in [0.25, 0.3) is 56.1 Å². The molecular weight excluding hydrogens is 627 g/mol. The summed E-state index contributed by atoms with van der Waals surface area (Å²) in [4.78, 5) is 15.4. The number of hydrogen-bond donors (Lipinski definition) is 0. The van der Waals surface area contributed by atoms with Crippen LogP contribution in [0.1, 0.15) is 28.2 Å². The Kier molecular flexibility index (Phi) is 5.93. The second-order valence-electron chi connectivity index (χ2n) is 13.5. The van der Waals surface area contributed by atoms with Crippen LogP contribution in [-0.4, -0.2) is 15.0 Å². The van der Waals surface area contributed by atoms with Crippen molar-refractivity contribution in [3.8, 4) is 45.7 Å². The Morgan fingerprint density at radius 2 is 1.22 bits per heavy atom. The molecule has 6 aromatic carbocycles. The van der Waals surface area contributed by atoms with E-state index in [2.05, 4.69) is 109 Å². The van der Waals surface area contributed by atoms with Crippen molar-refractivity contribution in [3.63, 3.8) is 0 Å². The molecule has 3 heterocycles. The predicted octanol–water partition coefficient (Wildman–Crippen LogP) is 11.1. The Labute approximate surface area is 294 Å². The third-order valence-corrected chi connectivity index (χ3v) is 10.9. The first-order chi connectivity index (χ1) is 25.3. The minimum Gasteiger partial charge on any atom is -0.456 e. The molecule has 0 amide bonds. The second kappa shape index (κ2) is 10.7. The molecule has 0 fully saturated rings. The monoisotopic (exact) mass is 655 g/mol. The summed E-state index contributed by atoms with van der Waals surface area (Å²) in [6, 6.07) is 48.2. The molecule has 3 unspecified atom stereocenters. The third kappa shape index (κ3) is 4.00. The van der Waals surface area contributed by atoms with Crippen molar-refractivity contribution in [2.24, 2.45) is 5.92 Å². The first-order valence-corrected chi connectivity index (χ1v) is 17.4. The Bertz CT molecular complexity index is 2760. The smallest absolute Gasteiger partial charge is 0.167 e. The third-order valence-electron chi connectivity index (χ3n) is 10.9. The highest BCUT2D eigenvalue weighted by atomic mass is 16.5. The lowest BCUT2D eigenvalue weighted by Crippen LogP contribution is -2.37. The van der Waals surface area contributed by atoms with E-state index in [1.807, 2.05) is 54.6 Å². The van der Waals surface area contributed by atoms with Crippen LogP contribution in [0.15, 0.2) is 168 Å². The number of aromatic nitrogens is 3. The summed E-state index contributed by atoms with van der Waals surface area (Å²) < 4.78 is 13.2. The fourth-order valence-corrected chi connectivity index (χ4v) is 8.77. The zero-order chi connectivity index (χ0) is 33.5. The van der Waals surface area contributed by atoms with Gasteiger partial charge in [0.15, 0.2) is 17.5 Å². The average Bonchev–Trinajstić information content (AvgIpc) is 3.72. The quantitative estimate of drug-likeness (QED) is 0.190. The van der Waals surface area contributed by atoms with Gasteiger partial charge in [-0.25, -0.2) is 15.0 Å². The summed E-state index contributed by atoms with van der Waals surface area (Å²) in [5, 5.41) is 2.14. The number of hydrogen-bond acceptors (Lipinski definition) is 5. The van der Waals surface area contributed by atoms with Crippen LogP contribution >= 0.6 is 0 Å². The molecule has 8 aromatic rings. The fourth-order valence-electron chi connectivity index (χ4n) is 8.77. The second-order valence-corrected chi connectivity index (χ2v) is 13.5. The molecule has 0 saturated carbocycles. The number of ether oxygens (including phenoxy) is 1. The van der Waals surface area contributed by atoms with Crippen LogP contribution in [0.4, 0.5) is 0 Å². The van der Waals surface area contributed by atoms with Crippen molar-refractivity contribution in [1.82, 2.24) is 15.0 Å². The molecule has 240 valence electrons. The number of allylic oxidation sites excluding steroid dienone is 4. The van der Waals surface area contributed by atoms with E-state index in [0.717, 1.165) is 55.7 Å². The van der Waals surface area contributed by atoms with Gasteiger partial charge in [0.05, 0.1) is 11.0 Å². The lowest BCUT2D eigenvalue weighted by Gasteiger charge is -2.43. The van der Waals surface area contributed by atoms with E-state index in [-0.39, 0.29) is 11.8 Å². The molecule has 0 bridgehead atoms. The summed E-state index contributed by atoms with van der Waals surface area (Å²) in [5.41, 5.74) is 8.72. The number of nitrogens with zero attached hydrogens (tertiary/aromatic N) is 3. The van der Waals surface area contributed by atoms with E-state index >= 15 is 0 Å². The lowest BCUT2D eigenvalue weighted by atomic mass is 9.61. The van der Waals surface area contributed by atoms with E-state index in [0.29, 0.717) is 17.5 Å². The van der Waals surface area contributed by atoms with E-state index in [4.69, 9.17) is 24.1 Å². The highest BCUT2D eigenvalue weighted by Gasteiger charge is 2.56. The van der Waals surface area contributed by atoms with Crippen LogP contribution in [0.5, 0.6) is 11.5 Å². The van der Waals surface area contributed by atoms with E-state index in [1.165, 1.54) is 16.7 Å². The lowest BCUT2D eigenvalue weighted by molar-refractivity contribution is 0.375. The molecular formula is C46H29N3O2. The van der Waals surface area contributed by atoms with Crippen molar-refractivity contribution < 1.29 is 9.15 Å². The molecule has 1 aliphatic heterocycles. The summed E-state index contributed by atoms with van der Waals surface area (Å²) in [7, 11) is 0. The molecule has 2 aromatic heterocycles. The van der Waals surface area contributed by atoms with Crippen molar-refractivity contribution in [2.45, 2.75) is 11.3 Å². The van der Waals surface area contributed by atoms with E-state index < -0.39 is 5.41 Å². The van der Waals surface area contributed by atoms with E-state index in [9.17, 15) is 0 Å². The van der Waals surface area contributed by atoms with Gasteiger partial charge in [0, 0.05) is 44.9 Å². The molecule has 3 aliphatic rings. The van der Waals surface area contributed by atoms with Crippen LogP contribution < -0.4 is 4.74 Å². The number of para-hydroxylation sites is 3. The van der Waals surface area contributed by atoms with Crippen molar-refractivity contribution in [3.05, 3.63) is 186 Å². The summed E-state index contributed by atoms with van der Waals surface area (Å²) in [6.45, 7) is 0.